The summed E-state index contributed by atoms with van der Waals surface area (Å²) in [5.74, 6) is 0. The van der Waals surface area contributed by atoms with Crippen molar-refractivity contribution in [1.82, 2.24) is 15.1 Å². The fourth-order valence-electron chi connectivity index (χ4n) is 2.42. The maximum Gasteiger partial charge on any atom is 0.00815 e. The fraction of sp³-hybridized carbons (Fsp3) is 1.00. The summed E-state index contributed by atoms with van der Waals surface area (Å²) in [5, 5.41) is 3.58. The summed E-state index contributed by atoms with van der Waals surface area (Å²) in [6.07, 6.45) is 3.73. The standard InChI is InChI=1S/C15H35N3/c1-7-10-16-14(3)13-15(4)18(8-2)12-9-11-17(5)6/h14-16H,7-13H2,1-6H3. The molecule has 3 nitrogen and oxygen atoms in total. The van der Waals surface area contributed by atoms with Gasteiger partial charge in [0.25, 0.3) is 0 Å². The van der Waals surface area contributed by atoms with Gasteiger partial charge in [-0.05, 0) is 73.4 Å². The lowest BCUT2D eigenvalue weighted by Gasteiger charge is -2.30. The van der Waals surface area contributed by atoms with E-state index >= 15 is 0 Å². The summed E-state index contributed by atoms with van der Waals surface area (Å²) >= 11 is 0. The first-order chi connectivity index (χ1) is 8.51. The molecule has 0 aromatic heterocycles. The lowest BCUT2D eigenvalue weighted by Crippen LogP contribution is -2.40. The van der Waals surface area contributed by atoms with Gasteiger partial charge in [0.05, 0.1) is 0 Å². The van der Waals surface area contributed by atoms with Gasteiger partial charge in [0.15, 0.2) is 0 Å². The second-order valence-electron chi connectivity index (χ2n) is 5.73. The first kappa shape index (κ1) is 17.9. The molecule has 0 spiro atoms. The van der Waals surface area contributed by atoms with Crippen molar-refractivity contribution in [3.63, 3.8) is 0 Å². The summed E-state index contributed by atoms with van der Waals surface area (Å²) in [7, 11) is 4.30. The van der Waals surface area contributed by atoms with E-state index < -0.39 is 0 Å². The topological polar surface area (TPSA) is 18.5 Å². The molecular weight excluding hydrogens is 222 g/mol. The third-order valence-corrected chi connectivity index (χ3v) is 3.52. The van der Waals surface area contributed by atoms with E-state index in [4.69, 9.17) is 0 Å². The molecule has 0 rings (SSSR count). The van der Waals surface area contributed by atoms with Crippen molar-refractivity contribution < 1.29 is 0 Å². The van der Waals surface area contributed by atoms with Crippen LogP contribution < -0.4 is 5.32 Å². The van der Waals surface area contributed by atoms with Crippen LogP contribution >= 0.6 is 0 Å². The van der Waals surface area contributed by atoms with Crippen LogP contribution in [0.2, 0.25) is 0 Å². The van der Waals surface area contributed by atoms with Crippen LogP contribution in [0.15, 0.2) is 0 Å². The molecule has 0 fully saturated rings. The Hall–Kier alpha value is -0.120. The van der Waals surface area contributed by atoms with Gasteiger partial charge in [0.1, 0.15) is 0 Å². The van der Waals surface area contributed by atoms with Crippen LogP contribution in [0.1, 0.15) is 47.0 Å². The zero-order valence-electron chi connectivity index (χ0n) is 13.5. The first-order valence-electron chi connectivity index (χ1n) is 7.63. The highest BCUT2D eigenvalue weighted by atomic mass is 15.2. The Morgan fingerprint density at radius 1 is 1.06 bits per heavy atom. The first-order valence-corrected chi connectivity index (χ1v) is 7.63. The van der Waals surface area contributed by atoms with Gasteiger partial charge in [-0.25, -0.2) is 0 Å². The zero-order chi connectivity index (χ0) is 14.0. The number of nitrogens with zero attached hydrogens (tertiary/aromatic N) is 2. The highest BCUT2D eigenvalue weighted by Crippen LogP contribution is 2.07. The molecule has 0 aliphatic rings. The molecule has 2 unspecified atom stereocenters. The zero-order valence-corrected chi connectivity index (χ0v) is 13.5. The molecule has 0 bridgehead atoms. The second kappa shape index (κ2) is 10.8. The van der Waals surface area contributed by atoms with Crippen LogP contribution in [-0.2, 0) is 0 Å². The van der Waals surface area contributed by atoms with Gasteiger partial charge in [0.2, 0.25) is 0 Å². The summed E-state index contributed by atoms with van der Waals surface area (Å²) < 4.78 is 0. The van der Waals surface area contributed by atoms with Crippen LogP contribution in [0, 0.1) is 0 Å². The van der Waals surface area contributed by atoms with Crippen LogP contribution in [0.25, 0.3) is 0 Å². The molecule has 0 aromatic carbocycles. The highest BCUT2D eigenvalue weighted by molar-refractivity contribution is 4.72. The summed E-state index contributed by atoms with van der Waals surface area (Å²) in [5.41, 5.74) is 0. The predicted octanol–water partition coefficient (Wildman–Crippen LogP) is 2.43. The van der Waals surface area contributed by atoms with Crippen LogP contribution in [0.5, 0.6) is 0 Å². The number of rotatable bonds is 11. The lowest BCUT2D eigenvalue weighted by molar-refractivity contribution is 0.189. The van der Waals surface area contributed by atoms with E-state index in [9.17, 15) is 0 Å². The SMILES string of the molecule is CCCNC(C)CC(C)N(CC)CCCN(C)C. The second-order valence-corrected chi connectivity index (χ2v) is 5.73. The van der Waals surface area contributed by atoms with Crippen LogP contribution in [0.4, 0.5) is 0 Å². The minimum Gasteiger partial charge on any atom is -0.314 e. The lowest BCUT2D eigenvalue weighted by atomic mass is 10.1. The minimum absolute atomic E-state index is 0.628. The maximum atomic E-state index is 3.58. The quantitative estimate of drug-likeness (QED) is 0.613. The Kier molecular flexibility index (Phi) is 10.7. The number of nitrogens with one attached hydrogen (secondary N) is 1. The molecule has 18 heavy (non-hydrogen) atoms. The molecule has 0 heterocycles. The Labute approximate surface area is 115 Å². The van der Waals surface area contributed by atoms with E-state index in [0.29, 0.717) is 12.1 Å². The molecular formula is C15H35N3. The summed E-state index contributed by atoms with van der Waals surface area (Å²) in [6.45, 7) is 13.9. The Morgan fingerprint density at radius 3 is 2.22 bits per heavy atom. The molecule has 3 heteroatoms. The molecule has 0 radical (unpaired) electrons. The molecule has 2 atom stereocenters. The predicted molar refractivity (Wildman–Crippen MR) is 82.3 cm³/mol. The molecule has 0 aliphatic carbocycles. The molecule has 0 saturated heterocycles. The van der Waals surface area contributed by atoms with E-state index in [1.54, 1.807) is 0 Å². The van der Waals surface area contributed by atoms with Crippen molar-refractivity contribution >= 4 is 0 Å². The maximum absolute atomic E-state index is 3.58. The minimum atomic E-state index is 0.628. The molecule has 1 N–H and O–H groups in total. The summed E-state index contributed by atoms with van der Waals surface area (Å²) in [4.78, 5) is 4.87. The average molecular weight is 257 g/mol. The smallest absolute Gasteiger partial charge is 0.00815 e. The van der Waals surface area contributed by atoms with Gasteiger partial charge in [-0.15, -0.1) is 0 Å². The van der Waals surface area contributed by atoms with E-state index in [2.05, 4.69) is 56.9 Å². The van der Waals surface area contributed by atoms with Crippen LogP contribution in [-0.4, -0.2) is 62.2 Å². The van der Waals surface area contributed by atoms with Gasteiger partial charge in [-0.2, -0.15) is 0 Å². The van der Waals surface area contributed by atoms with Crippen molar-refractivity contribution in [2.75, 3.05) is 40.3 Å². The summed E-state index contributed by atoms with van der Waals surface area (Å²) in [6, 6.07) is 1.30. The Bertz CT molecular complexity index is 183. The normalized spacial score (nSPS) is 15.3. The van der Waals surface area contributed by atoms with Gasteiger partial charge < -0.3 is 15.1 Å². The van der Waals surface area contributed by atoms with Crippen molar-refractivity contribution in [3.8, 4) is 0 Å². The Balaban J connectivity index is 3.90. The van der Waals surface area contributed by atoms with Gasteiger partial charge in [-0.3, -0.25) is 0 Å². The van der Waals surface area contributed by atoms with Gasteiger partial charge >= 0.3 is 0 Å². The van der Waals surface area contributed by atoms with Gasteiger partial charge in [0, 0.05) is 12.1 Å². The van der Waals surface area contributed by atoms with Gasteiger partial charge in [-0.1, -0.05) is 13.8 Å². The molecule has 0 amide bonds. The van der Waals surface area contributed by atoms with E-state index in [0.717, 1.165) is 13.1 Å². The molecule has 0 saturated carbocycles. The average Bonchev–Trinajstić information content (AvgIpc) is 2.31. The van der Waals surface area contributed by atoms with E-state index in [1.165, 1.54) is 32.4 Å². The number of hydrogen-bond donors (Lipinski definition) is 1. The van der Waals surface area contributed by atoms with Crippen molar-refractivity contribution in [3.05, 3.63) is 0 Å². The third kappa shape index (κ3) is 8.90. The van der Waals surface area contributed by atoms with Crippen LogP contribution in [0.3, 0.4) is 0 Å². The molecule has 0 aliphatic heterocycles. The highest BCUT2D eigenvalue weighted by Gasteiger charge is 2.14. The fourth-order valence-corrected chi connectivity index (χ4v) is 2.42. The van der Waals surface area contributed by atoms with Crippen molar-refractivity contribution in [1.29, 1.82) is 0 Å². The third-order valence-electron chi connectivity index (χ3n) is 3.52. The van der Waals surface area contributed by atoms with E-state index in [1.807, 2.05) is 0 Å². The number of hydrogen-bond acceptors (Lipinski definition) is 3. The largest absolute Gasteiger partial charge is 0.314 e. The molecule has 110 valence electrons. The van der Waals surface area contributed by atoms with Crippen molar-refractivity contribution in [2.45, 2.75) is 59.0 Å². The molecule has 0 aromatic rings. The Morgan fingerprint density at radius 2 is 1.72 bits per heavy atom. The monoisotopic (exact) mass is 257 g/mol. The van der Waals surface area contributed by atoms with Crippen molar-refractivity contribution in [2.24, 2.45) is 0 Å². The van der Waals surface area contributed by atoms with E-state index in [-0.39, 0.29) is 0 Å².